The number of benzene rings is 3. The number of para-hydroxylation sites is 1. The van der Waals surface area contributed by atoms with Crippen molar-refractivity contribution < 1.29 is 9.53 Å². The summed E-state index contributed by atoms with van der Waals surface area (Å²) in [6.45, 7) is 1.98. The lowest BCUT2D eigenvalue weighted by atomic mass is 10.00. The molecule has 0 saturated carbocycles. The van der Waals surface area contributed by atoms with E-state index in [0.29, 0.717) is 35.1 Å². The Balaban J connectivity index is 1.76. The summed E-state index contributed by atoms with van der Waals surface area (Å²) in [5.41, 5.74) is 10.2. The van der Waals surface area contributed by atoms with E-state index in [1.807, 2.05) is 67.6 Å². The normalized spacial score (nSPS) is 12.0. The number of methoxy groups -OCH3 is 1. The van der Waals surface area contributed by atoms with Crippen LogP contribution in [0.5, 0.6) is 0 Å². The topological polar surface area (TPSA) is 87.2 Å². The van der Waals surface area contributed by atoms with E-state index in [2.05, 4.69) is 0 Å². The SMILES string of the molecule is CC[C@H](N)c1nc2cccc(CCc3ccc(C(=O)OC)cc3)c2c(=O)n1-c1ccccc1. The van der Waals surface area contributed by atoms with Crippen molar-refractivity contribution in [1.29, 1.82) is 0 Å². The van der Waals surface area contributed by atoms with Gasteiger partial charge in [-0.25, -0.2) is 9.78 Å². The first-order valence-electron chi connectivity index (χ1n) is 11.1. The van der Waals surface area contributed by atoms with Crippen molar-refractivity contribution in [3.63, 3.8) is 0 Å². The van der Waals surface area contributed by atoms with Crippen LogP contribution >= 0.6 is 0 Å². The highest BCUT2D eigenvalue weighted by Crippen LogP contribution is 2.22. The molecule has 4 rings (SSSR count). The summed E-state index contributed by atoms with van der Waals surface area (Å²) in [6.07, 6.45) is 2.06. The van der Waals surface area contributed by atoms with Gasteiger partial charge in [0.25, 0.3) is 5.56 Å². The molecule has 168 valence electrons. The van der Waals surface area contributed by atoms with E-state index in [0.717, 1.165) is 23.2 Å². The van der Waals surface area contributed by atoms with Crippen LogP contribution in [0.2, 0.25) is 0 Å². The van der Waals surface area contributed by atoms with E-state index in [1.54, 1.807) is 16.7 Å². The first-order chi connectivity index (χ1) is 16.0. The molecule has 0 spiro atoms. The second-order valence-corrected chi connectivity index (χ2v) is 7.96. The molecular formula is C27H27N3O3. The average molecular weight is 442 g/mol. The molecule has 2 N–H and O–H groups in total. The van der Waals surface area contributed by atoms with Gasteiger partial charge in [-0.3, -0.25) is 9.36 Å². The molecule has 0 saturated heterocycles. The molecule has 0 amide bonds. The van der Waals surface area contributed by atoms with Gasteiger partial charge in [0, 0.05) is 0 Å². The van der Waals surface area contributed by atoms with Crippen LogP contribution in [0.15, 0.2) is 77.6 Å². The zero-order valence-electron chi connectivity index (χ0n) is 18.8. The van der Waals surface area contributed by atoms with Crippen LogP contribution in [0, 0.1) is 0 Å². The fraction of sp³-hybridized carbons (Fsp3) is 0.222. The lowest BCUT2D eigenvalue weighted by Crippen LogP contribution is -2.29. The molecule has 0 unspecified atom stereocenters. The minimum Gasteiger partial charge on any atom is -0.465 e. The van der Waals surface area contributed by atoms with Gasteiger partial charge in [-0.15, -0.1) is 0 Å². The summed E-state index contributed by atoms with van der Waals surface area (Å²) in [4.78, 5) is 30.3. The summed E-state index contributed by atoms with van der Waals surface area (Å²) in [7, 11) is 1.37. The lowest BCUT2D eigenvalue weighted by molar-refractivity contribution is 0.0600. The Labute approximate surface area is 192 Å². The molecular weight excluding hydrogens is 414 g/mol. The Morgan fingerprint density at radius 1 is 1.00 bits per heavy atom. The molecule has 0 fully saturated rings. The van der Waals surface area contributed by atoms with Gasteiger partial charge in [-0.05, 0) is 60.7 Å². The number of nitrogens with two attached hydrogens (primary N) is 1. The number of rotatable bonds is 7. The molecule has 0 aliphatic rings. The van der Waals surface area contributed by atoms with Crippen LogP contribution in [0.4, 0.5) is 0 Å². The third kappa shape index (κ3) is 4.56. The molecule has 0 aliphatic heterocycles. The molecule has 4 aromatic rings. The third-order valence-electron chi connectivity index (χ3n) is 5.85. The van der Waals surface area contributed by atoms with E-state index in [9.17, 15) is 9.59 Å². The summed E-state index contributed by atoms with van der Waals surface area (Å²) in [5, 5.41) is 0.611. The molecule has 3 aromatic carbocycles. The number of aryl methyl sites for hydroxylation is 2. The first kappa shape index (κ1) is 22.4. The monoisotopic (exact) mass is 441 g/mol. The first-order valence-corrected chi connectivity index (χ1v) is 11.1. The molecule has 6 nitrogen and oxygen atoms in total. The summed E-state index contributed by atoms with van der Waals surface area (Å²) >= 11 is 0. The molecule has 0 bridgehead atoms. The number of carbonyl (C=O) groups is 1. The Kier molecular flexibility index (Phi) is 6.66. The van der Waals surface area contributed by atoms with Crippen molar-refractivity contribution in [2.24, 2.45) is 5.73 Å². The van der Waals surface area contributed by atoms with Crippen molar-refractivity contribution in [2.45, 2.75) is 32.2 Å². The van der Waals surface area contributed by atoms with Gasteiger partial charge in [0.1, 0.15) is 5.82 Å². The van der Waals surface area contributed by atoms with Gasteiger partial charge in [-0.2, -0.15) is 0 Å². The van der Waals surface area contributed by atoms with E-state index in [4.69, 9.17) is 15.5 Å². The van der Waals surface area contributed by atoms with Crippen molar-refractivity contribution >= 4 is 16.9 Å². The molecule has 0 radical (unpaired) electrons. The number of hydrogen-bond donors (Lipinski definition) is 1. The number of esters is 1. The van der Waals surface area contributed by atoms with Crippen LogP contribution in [0.1, 0.15) is 46.7 Å². The predicted octanol–water partition coefficient (Wildman–Crippen LogP) is 4.37. The van der Waals surface area contributed by atoms with E-state index < -0.39 is 0 Å². The Morgan fingerprint density at radius 3 is 2.39 bits per heavy atom. The summed E-state index contributed by atoms with van der Waals surface area (Å²) in [6, 6.07) is 22.3. The zero-order valence-corrected chi connectivity index (χ0v) is 18.8. The maximum Gasteiger partial charge on any atom is 0.337 e. The number of carbonyl (C=O) groups excluding carboxylic acids is 1. The van der Waals surface area contributed by atoms with Crippen molar-refractivity contribution in [3.8, 4) is 5.69 Å². The van der Waals surface area contributed by atoms with Gasteiger partial charge in [0.2, 0.25) is 0 Å². The van der Waals surface area contributed by atoms with E-state index in [-0.39, 0.29) is 17.6 Å². The van der Waals surface area contributed by atoms with E-state index >= 15 is 0 Å². The quantitative estimate of drug-likeness (QED) is 0.431. The molecule has 1 heterocycles. The lowest BCUT2D eigenvalue weighted by Gasteiger charge is -2.18. The predicted molar refractivity (Wildman–Crippen MR) is 130 cm³/mol. The second-order valence-electron chi connectivity index (χ2n) is 7.96. The van der Waals surface area contributed by atoms with Gasteiger partial charge in [0.15, 0.2) is 0 Å². The molecule has 1 atom stereocenters. The van der Waals surface area contributed by atoms with Gasteiger partial charge < -0.3 is 10.5 Å². The number of fused-ring (bicyclic) bond motifs is 1. The Bertz CT molecular complexity index is 1330. The van der Waals surface area contributed by atoms with Crippen LogP contribution in [0.25, 0.3) is 16.6 Å². The number of ether oxygens (including phenoxy) is 1. The highest BCUT2D eigenvalue weighted by atomic mass is 16.5. The smallest absolute Gasteiger partial charge is 0.337 e. The highest BCUT2D eigenvalue weighted by Gasteiger charge is 2.19. The summed E-state index contributed by atoms with van der Waals surface area (Å²) in [5.74, 6) is 0.209. The maximum absolute atomic E-state index is 13.8. The maximum atomic E-state index is 13.8. The second kappa shape index (κ2) is 9.79. The van der Waals surface area contributed by atoms with Gasteiger partial charge in [-0.1, -0.05) is 49.4 Å². The molecule has 0 aliphatic carbocycles. The highest BCUT2D eigenvalue weighted by molar-refractivity contribution is 5.89. The summed E-state index contributed by atoms with van der Waals surface area (Å²) < 4.78 is 6.40. The van der Waals surface area contributed by atoms with E-state index in [1.165, 1.54) is 7.11 Å². The van der Waals surface area contributed by atoms with Crippen molar-refractivity contribution in [3.05, 3.63) is 106 Å². The average Bonchev–Trinajstić information content (AvgIpc) is 2.87. The van der Waals surface area contributed by atoms with Gasteiger partial charge in [0.05, 0.1) is 35.3 Å². The van der Waals surface area contributed by atoms with Crippen molar-refractivity contribution in [1.82, 2.24) is 9.55 Å². The number of aromatic nitrogens is 2. The fourth-order valence-electron chi connectivity index (χ4n) is 3.99. The van der Waals surface area contributed by atoms with Crippen LogP contribution < -0.4 is 11.3 Å². The fourth-order valence-corrected chi connectivity index (χ4v) is 3.99. The van der Waals surface area contributed by atoms with Crippen LogP contribution in [-0.4, -0.2) is 22.6 Å². The zero-order chi connectivity index (χ0) is 23.4. The van der Waals surface area contributed by atoms with Gasteiger partial charge >= 0.3 is 5.97 Å². The third-order valence-corrected chi connectivity index (χ3v) is 5.85. The minimum absolute atomic E-state index is 0.110. The molecule has 1 aromatic heterocycles. The standard InChI is InChI=1S/C27H27N3O3/c1-3-22(28)25-29-23-11-7-8-19(15-12-18-13-16-20(17-14-18)27(32)33-2)24(23)26(31)30(25)21-9-5-4-6-10-21/h4-11,13-14,16-17,22H,3,12,15,28H2,1-2H3/t22-/m0/s1. The number of nitrogens with zero attached hydrogens (tertiary/aromatic N) is 2. The molecule has 6 heteroatoms. The molecule has 33 heavy (non-hydrogen) atoms. The van der Waals surface area contributed by atoms with Crippen LogP contribution in [-0.2, 0) is 17.6 Å². The largest absolute Gasteiger partial charge is 0.465 e. The van der Waals surface area contributed by atoms with Crippen molar-refractivity contribution in [2.75, 3.05) is 7.11 Å². The number of hydrogen-bond acceptors (Lipinski definition) is 5. The minimum atomic E-state index is -0.357. The van der Waals surface area contributed by atoms with Crippen LogP contribution in [0.3, 0.4) is 0 Å². The Morgan fingerprint density at radius 2 is 1.73 bits per heavy atom. The Hall–Kier alpha value is -3.77.